The predicted molar refractivity (Wildman–Crippen MR) is 119 cm³/mol. The number of hydrogen-bond acceptors (Lipinski definition) is 8. The fourth-order valence-corrected chi connectivity index (χ4v) is 4.00. The number of nitriles is 1. The van der Waals surface area contributed by atoms with E-state index in [1.54, 1.807) is 13.8 Å². The SMILES string of the molecule is CCc1ccc(Cc2cc([C@@]3(O)O[C@H](CO)[C@@H](O)[C@H](O)[C@H]3O)c(OC(C)C)cc2C#N)cc1. The Morgan fingerprint density at radius 3 is 2.27 bits per heavy atom. The van der Waals surface area contributed by atoms with Crippen LogP contribution in [-0.4, -0.2) is 62.7 Å². The van der Waals surface area contributed by atoms with Gasteiger partial charge in [-0.15, -0.1) is 0 Å². The number of hydrogen-bond donors (Lipinski definition) is 5. The van der Waals surface area contributed by atoms with Crippen molar-refractivity contribution in [1.82, 2.24) is 0 Å². The van der Waals surface area contributed by atoms with Crippen LogP contribution in [0.1, 0.15) is 48.6 Å². The van der Waals surface area contributed by atoms with Gasteiger partial charge in [0, 0.05) is 0 Å². The molecule has 1 aliphatic heterocycles. The van der Waals surface area contributed by atoms with Crippen molar-refractivity contribution in [1.29, 1.82) is 5.26 Å². The second-order valence-corrected chi connectivity index (χ2v) is 8.59. The molecule has 1 aliphatic rings. The molecule has 33 heavy (non-hydrogen) atoms. The van der Waals surface area contributed by atoms with Gasteiger partial charge in [-0.3, -0.25) is 0 Å². The summed E-state index contributed by atoms with van der Waals surface area (Å²) in [7, 11) is 0. The summed E-state index contributed by atoms with van der Waals surface area (Å²) >= 11 is 0. The zero-order valence-electron chi connectivity index (χ0n) is 19.0. The molecule has 0 amide bonds. The van der Waals surface area contributed by atoms with Crippen molar-refractivity contribution >= 4 is 0 Å². The lowest BCUT2D eigenvalue weighted by molar-refractivity contribution is -0.358. The maximum absolute atomic E-state index is 11.4. The summed E-state index contributed by atoms with van der Waals surface area (Å²) in [5, 5.41) is 61.8. The highest BCUT2D eigenvalue weighted by atomic mass is 16.7. The van der Waals surface area contributed by atoms with Crippen LogP contribution in [0, 0.1) is 11.3 Å². The lowest BCUT2D eigenvalue weighted by atomic mass is 9.85. The Kier molecular flexibility index (Phi) is 7.75. The van der Waals surface area contributed by atoms with Crippen molar-refractivity contribution in [3.8, 4) is 11.8 Å². The van der Waals surface area contributed by atoms with E-state index in [4.69, 9.17) is 9.47 Å². The molecule has 0 radical (unpaired) electrons. The molecule has 0 spiro atoms. The minimum atomic E-state index is -2.49. The number of ether oxygens (including phenoxy) is 2. The van der Waals surface area contributed by atoms with E-state index < -0.39 is 36.8 Å². The molecule has 0 saturated carbocycles. The molecular formula is C25H31NO7. The van der Waals surface area contributed by atoms with Crippen LogP contribution in [0.2, 0.25) is 0 Å². The molecule has 0 unspecified atom stereocenters. The monoisotopic (exact) mass is 457 g/mol. The molecule has 1 saturated heterocycles. The number of rotatable bonds is 7. The van der Waals surface area contributed by atoms with Crippen molar-refractivity contribution in [2.75, 3.05) is 6.61 Å². The van der Waals surface area contributed by atoms with Crippen molar-refractivity contribution in [2.45, 2.75) is 69.9 Å². The highest BCUT2D eigenvalue weighted by molar-refractivity contribution is 5.52. The number of benzene rings is 2. The van der Waals surface area contributed by atoms with Crippen LogP contribution >= 0.6 is 0 Å². The van der Waals surface area contributed by atoms with Gasteiger partial charge in [0.2, 0.25) is 5.79 Å². The Balaban J connectivity index is 2.13. The molecule has 2 aromatic carbocycles. The van der Waals surface area contributed by atoms with Gasteiger partial charge in [0.25, 0.3) is 0 Å². The number of aliphatic hydroxyl groups excluding tert-OH is 4. The first-order valence-electron chi connectivity index (χ1n) is 11.0. The molecule has 178 valence electrons. The summed E-state index contributed by atoms with van der Waals surface area (Å²) in [5.74, 6) is -2.40. The topological polar surface area (TPSA) is 143 Å². The molecule has 0 aromatic heterocycles. The van der Waals surface area contributed by atoms with Crippen LogP contribution in [0.25, 0.3) is 0 Å². The average Bonchev–Trinajstić information content (AvgIpc) is 2.80. The maximum Gasteiger partial charge on any atom is 0.226 e. The zero-order chi connectivity index (χ0) is 24.3. The summed E-state index contributed by atoms with van der Waals surface area (Å²) in [6.07, 6.45) is -5.74. The summed E-state index contributed by atoms with van der Waals surface area (Å²) < 4.78 is 11.3. The first kappa shape index (κ1) is 25.1. The molecule has 0 aliphatic carbocycles. The molecule has 1 fully saturated rings. The maximum atomic E-state index is 11.4. The van der Waals surface area contributed by atoms with Crippen LogP contribution in [0.5, 0.6) is 5.75 Å². The minimum absolute atomic E-state index is 0.00715. The number of nitrogens with zero attached hydrogens (tertiary/aromatic N) is 1. The molecule has 2 aromatic rings. The first-order valence-corrected chi connectivity index (χ1v) is 11.0. The van der Waals surface area contributed by atoms with E-state index in [1.165, 1.54) is 17.7 Å². The van der Waals surface area contributed by atoms with Crippen molar-refractivity contribution < 1.29 is 35.0 Å². The van der Waals surface area contributed by atoms with Crippen LogP contribution in [0.15, 0.2) is 36.4 Å². The van der Waals surface area contributed by atoms with E-state index in [0.717, 1.165) is 12.0 Å². The van der Waals surface area contributed by atoms with Gasteiger partial charge in [-0.05, 0) is 55.5 Å². The Morgan fingerprint density at radius 2 is 1.73 bits per heavy atom. The largest absolute Gasteiger partial charge is 0.490 e. The Labute approximate surface area is 193 Å². The first-order chi connectivity index (χ1) is 15.6. The smallest absolute Gasteiger partial charge is 0.226 e. The van der Waals surface area contributed by atoms with Gasteiger partial charge in [-0.1, -0.05) is 31.2 Å². The third-order valence-electron chi connectivity index (χ3n) is 5.87. The molecule has 1 heterocycles. The molecule has 3 rings (SSSR count). The van der Waals surface area contributed by atoms with Crippen molar-refractivity contribution in [3.05, 3.63) is 64.2 Å². The van der Waals surface area contributed by atoms with Crippen molar-refractivity contribution in [2.24, 2.45) is 0 Å². The van der Waals surface area contributed by atoms with Crippen LogP contribution < -0.4 is 4.74 Å². The second kappa shape index (κ2) is 10.2. The highest BCUT2D eigenvalue weighted by Gasteiger charge is 2.55. The van der Waals surface area contributed by atoms with E-state index in [2.05, 4.69) is 13.0 Å². The van der Waals surface area contributed by atoms with Gasteiger partial charge < -0.3 is 35.0 Å². The van der Waals surface area contributed by atoms with Gasteiger partial charge in [0.1, 0.15) is 30.2 Å². The van der Waals surface area contributed by atoms with E-state index in [1.807, 2.05) is 24.3 Å². The molecule has 0 bridgehead atoms. The molecule has 8 nitrogen and oxygen atoms in total. The Morgan fingerprint density at radius 1 is 1.09 bits per heavy atom. The Hall–Kier alpha value is -2.51. The molecule has 5 N–H and O–H groups in total. The summed E-state index contributed by atoms with van der Waals surface area (Å²) in [4.78, 5) is 0. The summed E-state index contributed by atoms with van der Waals surface area (Å²) in [6.45, 7) is 4.89. The summed E-state index contributed by atoms with van der Waals surface area (Å²) in [6, 6.07) is 13.0. The van der Waals surface area contributed by atoms with Crippen molar-refractivity contribution in [3.63, 3.8) is 0 Å². The van der Waals surface area contributed by atoms with E-state index in [0.29, 0.717) is 17.5 Å². The standard InChI is InChI=1S/C25H31NO7/c1-4-15-5-7-16(8-6-15)9-17-10-19(20(32-14(2)3)11-18(17)12-26)25(31)24(30)23(29)22(28)21(13-27)33-25/h5-8,10-11,14,21-24,27-31H,4,9,13H2,1-3H3/t21-,22-,23+,24-,25-/m1/s1. The predicted octanol–water partition coefficient (Wildman–Crippen LogP) is 1.12. The minimum Gasteiger partial charge on any atom is -0.490 e. The third-order valence-corrected chi connectivity index (χ3v) is 5.87. The van der Waals surface area contributed by atoms with Gasteiger partial charge in [0.05, 0.1) is 29.9 Å². The lowest BCUT2D eigenvalue weighted by Gasteiger charge is -2.46. The van der Waals surface area contributed by atoms with Gasteiger partial charge in [-0.25, -0.2) is 0 Å². The van der Waals surface area contributed by atoms with Gasteiger partial charge in [0.15, 0.2) is 0 Å². The van der Waals surface area contributed by atoms with Crippen LogP contribution in [0.3, 0.4) is 0 Å². The number of aliphatic hydroxyl groups is 5. The fraction of sp³-hybridized carbons (Fsp3) is 0.480. The molecular weight excluding hydrogens is 426 g/mol. The molecule has 8 heteroatoms. The Bertz CT molecular complexity index is 999. The normalized spacial score (nSPS) is 27.4. The number of aryl methyl sites for hydroxylation is 1. The quantitative estimate of drug-likeness (QED) is 0.416. The summed E-state index contributed by atoms with van der Waals surface area (Å²) in [5.41, 5.74) is 2.98. The van der Waals surface area contributed by atoms with Gasteiger partial charge >= 0.3 is 0 Å². The fourth-order valence-electron chi connectivity index (χ4n) is 4.00. The van der Waals surface area contributed by atoms with E-state index in [-0.39, 0.29) is 17.4 Å². The molecule has 5 atom stereocenters. The highest BCUT2D eigenvalue weighted by Crippen LogP contribution is 2.42. The third kappa shape index (κ3) is 5.04. The van der Waals surface area contributed by atoms with E-state index in [9.17, 15) is 30.8 Å². The van der Waals surface area contributed by atoms with Gasteiger partial charge in [-0.2, -0.15) is 5.26 Å². The van der Waals surface area contributed by atoms with Crippen LogP contribution in [0.4, 0.5) is 0 Å². The van der Waals surface area contributed by atoms with E-state index >= 15 is 0 Å². The van der Waals surface area contributed by atoms with Crippen LogP contribution in [-0.2, 0) is 23.4 Å². The average molecular weight is 458 g/mol. The zero-order valence-corrected chi connectivity index (χ0v) is 19.0. The second-order valence-electron chi connectivity index (χ2n) is 8.59. The lowest BCUT2D eigenvalue weighted by Crippen LogP contribution is -2.63.